The van der Waals surface area contributed by atoms with E-state index < -0.39 is 11.2 Å². The van der Waals surface area contributed by atoms with E-state index in [1.54, 1.807) is 12.1 Å². The number of hydrogen-bond acceptors (Lipinski definition) is 5. The van der Waals surface area contributed by atoms with Gasteiger partial charge in [0.05, 0.1) is 12.1 Å². The van der Waals surface area contributed by atoms with Gasteiger partial charge in [-0.2, -0.15) is 0 Å². The maximum Gasteiger partial charge on any atom is 0.332 e. The number of nitrogens with one attached hydrogen (secondary N) is 1. The van der Waals surface area contributed by atoms with Crippen molar-refractivity contribution < 1.29 is 4.79 Å². The molecule has 0 unspecified atom stereocenters. The fourth-order valence-corrected chi connectivity index (χ4v) is 4.01. The third-order valence-electron chi connectivity index (χ3n) is 5.06. The Balaban J connectivity index is 1.76. The summed E-state index contributed by atoms with van der Waals surface area (Å²) in [6.45, 7) is 3.81. The van der Waals surface area contributed by atoms with E-state index in [-0.39, 0.29) is 24.5 Å². The third kappa shape index (κ3) is 3.69. The van der Waals surface area contributed by atoms with Crippen LogP contribution in [0.1, 0.15) is 16.0 Å². The monoisotopic (exact) mass is 420 g/mol. The van der Waals surface area contributed by atoms with Crippen LogP contribution in [0.2, 0.25) is 0 Å². The van der Waals surface area contributed by atoms with E-state index in [4.69, 9.17) is 0 Å². The number of amides is 1. The maximum absolute atomic E-state index is 13.2. The summed E-state index contributed by atoms with van der Waals surface area (Å²) >= 11 is 1.46. The number of hydrogen-bond donors (Lipinski definition) is 1. The summed E-state index contributed by atoms with van der Waals surface area (Å²) in [5.74, 6) is -0.350. The zero-order valence-corrected chi connectivity index (χ0v) is 17.4. The first-order chi connectivity index (χ1) is 14.5. The molecule has 0 bridgehead atoms. The highest BCUT2D eigenvalue weighted by Crippen LogP contribution is 2.18. The topological polar surface area (TPSA) is 86.0 Å². The largest absolute Gasteiger partial charge is 0.332 e. The summed E-state index contributed by atoms with van der Waals surface area (Å²) in [6, 6.07) is 12.6. The normalized spacial score (nSPS) is 11.0. The minimum absolute atomic E-state index is 0.139. The van der Waals surface area contributed by atoms with E-state index in [2.05, 4.69) is 10.3 Å². The van der Waals surface area contributed by atoms with Crippen molar-refractivity contribution in [1.82, 2.24) is 14.1 Å². The van der Waals surface area contributed by atoms with Crippen LogP contribution >= 0.6 is 11.3 Å². The number of carbonyl (C=O) groups excluding carboxylic acids is 1. The molecule has 1 N–H and O–H groups in total. The van der Waals surface area contributed by atoms with Crippen molar-refractivity contribution in [2.24, 2.45) is 0 Å². The van der Waals surface area contributed by atoms with Crippen LogP contribution in [0.25, 0.3) is 11.0 Å². The summed E-state index contributed by atoms with van der Waals surface area (Å²) in [4.78, 5) is 43.9. The summed E-state index contributed by atoms with van der Waals surface area (Å²) < 4.78 is 2.43. The lowest BCUT2D eigenvalue weighted by Gasteiger charge is -2.14. The van der Waals surface area contributed by atoms with E-state index in [1.807, 2.05) is 49.6 Å². The molecule has 152 valence electrons. The highest BCUT2D eigenvalue weighted by molar-refractivity contribution is 7.09. The average molecular weight is 420 g/mol. The Bertz CT molecular complexity index is 1350. The van der Waals surface area contributed by atoms with Gasteiger partial charge in [0.1, 0.15) is 6.54 Å². The number of thiophene rings is 1. The van der Waals surface area contributed by atoms with Crippen molar-refractivity contribution >= 4 is 34.0 Å². The lowest BCUT2D eigenvalue weighted by Crippen LogP contribution is -2.42. The van der Waals surface area contributed by atoms with Crippen molar-refractivity contribution in [1.29, 1.82) is 0 Å². The summed E-state index contributed by atoms with van der Waals surface area (Å²) in [6.07, 6.45) is 1.50. The van der Waals surface area contributed by atoms with Gasteiger partial charge in [0.2, 0.25) is 5.91 Å². The van der Waals surface area contributed by atoms with Crippen molar-refractivity contribution in [2.75, 3.05) is 5.32 Å². The summed E-state index contributed by atoms with van der Waals surface area (Å²) in [5.41, 5.74) is 2.22. The van der Waals surface area contributed by atoms with Gasteiger partial charge in [-0.15, -0.1) is 11.3 Å². The van der Waals surface area contributed by atoms with Gasteiger partial charge in [0.15, 0.2) is 5.52 Å². The fourth-order valence-electron chi connectivity index (χ4n) is 3.31. The number of aromatic nitrogens is 3. The predicted molar refractivity (Wildman–Crippen MR) is 118 cm³/mol. The van der Waals surface area contributed by atoms with Gasteiger partial charge in [0.25, 0.3) is 5.56 Å². The Morgan fingerprint density at radius 1 is 1.07 bits per heavy atom. The summed E-state index contributed by atoms with van der Waals surface area (Å²) in [5, 5.41) is 4.75. The van der Waals surface area contributed by atoms with Crippen molar-refractivity contribution in [3.63, 3.8) is 0 Å². The third-order valence-corrected chi connectivity index (χ3v) is 5.92. The number of aryl methyl sites for hydroxylation is 1. The van der Waals surface area contributed by atoms with Gasteiger partial charge >= 0.3 is 5.69 Å². The molecule has 7 nitrogen and oxygen atoms in total. The molecular formula is C22H20N4O3S. The molecule has 0 atom stereocenters. The van der Waals surface area contributed by atoms with Gasteiger partial charge in [-0.25, -0.2) is 9.78 Å². The van der Waals surface area contributed by atoms with E-state index in [0.29, 0.717) is 11.2 Å². The molecule has 0 aliphatic rings. The van der Waals surface area contributed by atoms with Crippen LogP contribution in [-0.2, 0) is 17.9 Å². The number of carbonyl (C=O) groups is 1. The first kappa shape index (κ1) is 19.8. The molecule has 30 heavy (non-hydrogen) atoms. The van der Waals surface area contributed by atoms with Crippen LogP contribution in [0.15, 0.2) is 63.6 Å². The Morgan fingerprint density at radius 3 is 2.67 bits per heavy atom. The Kier molecular flexibility index (Phi) is 5.33. The second-order valence-corrected chi connectivity index (χ2v) is 8.04. The van der Waals surface area contributed by atoms with Crippen molar-refractivity contribution in [3.8, 4) is 0 Å². The lowest BCUT2D eigenvalue weighted by molar-refractivity contribution is -0.116. The zero-order chi connectivity index (χ0) is 21.3. The molecule has 4 aromatic rings. The van der Waals surface area contributed by atoms with Crippen molar-refractivity contribution in [2.45, 2.75) is 26.9 Å². The first-order valence-electron chi connectivity index (χ1n) is 9.42. The lowest BCUT2D eigenvalue weighted by atomic mass is 10.1. The van der Waals surface area contributed by atoms with Gasteiger partial charge in [0, 0.05) is 16.8 Å². The van der Waals surface area contributed by atoms with E-state index >= 15 is 0 Å². The Hall–Kier alpha value is -3.52. The van der Waals surface area contributed by atoms with Crippen LogP contribution in [0.3, 0.4) is 0 Å². The van der Waals surface area contributed by atoms with Crippen LogP contribution in [0.4, 0.5) is 5.69 Å². The molecule has 0 saturated heterocycles. The summed E-state index contributed by atoms with van der Waals surface area (Å²) in [7, 11) is 0. The number of pyridine rings is 1. The molecule has 0 fully saturated rings. The molecule has 4 rings (SSSR count). The second kappa shape index (κ2) is 8.08. The highest BCUT2D eigenvalue weighted by Gasteiger charge is 2.17. The maximum atomic E-state index is 13.2. The highest BCUT2D eigenvalue weighted by atomic mass is 32.1. The zero-order valence-electron chi connectivity index (χ0n) is 16.6. The number of benzene rings is 1. The first-order valence-corrected chi connectivity index (χ1v) is 10.3. The van der Waals surface area contributed by atoms with Crippen LogP contribution in [0, 0.1) is 13.8 Å². The fraction of sp³-hybridized carbons (Fsp3) is 0.182. The SMILES string of the molecule is Cc1cccc(NC(=O)Cn2c(=O)n(Cc3cccs3)c(=O)c3ncccc32)c1C. The number of rotatable bonds is 5. The molecule has 0 radical (unpaired) electrons. The standard InChI is InChI=1S/C22H20N4O3S/c1-14-6-3-8-17(15(14)2)24-19(27)13-25-18-9-4-10-23-20(18)21(28)26(22(25)29)12-16-7-5-11-30-16/h3-11H,12-13H2,1-2H3,(H,24,27). The Morgan fingerprint density at radius 2 is 1.90 bits per heavy atom. The van der Waals surface area contributed by atoms with Gasteiger partial charge in [-0.3, -0.25) is 18.7 Å². The van der Waals surface area contributed by atoms with Crippen LogP contribution < -0.4 is 16.6 Å². The minimum atomic E-state index is -0.537. The number of fused-ring (bicyclic) bond motifs is 1. The second-order valence-electron chi connectivity index (χ2n) is 7.01. The molecule has 0 aliphatic heterocycles. The van der Waals surface area contributed by atoms with Gasteiger partial charge in [-0.05, 0) is 54.6 Å². The molecule has 0 spiro atoms. The molecule has 1 aromatic carbocycles. The smallest absolute Gasteiger partial charge is 0.324 e. The minimum Gasteiger partial charge on any atom is -0.324 e. The average Bonchev–Trinajstić information content (AvgIpc) is 3.25. The molecule has 1 amide bonds. The Labute approximate surface area is 176 Å². The van der Waals surface area contributed by atoms with Crippen LogP contribution in [-0.4, -0.2) is 20.0 Å². The van der Waals surface area contributed by atoms with E-state index in [0.717, 1.165) is 20.6 Å². The predicted octanol–water partition coefficient (Wildman–Crippen LogP) is 2.92. The van der Waals surface area contributed by atoms with E-state index in [9.17, 15) is 14.4 Å². The molecule has 3 aromatic heterocycles. The number of anilines is 1. The van der Waals surface area contributed by atoms with Gasteiger partial charge in [-0.1, -0.05) is 18.2 Å². The molecule has 8 heteroatoms. The molecule has 0 aliphatic carbocycles. The van der Waals surface area contributed by atoms with Crippen molar-refractivity contribution in [3.05, 3.63) is 90.9 Å². The van der Waals surface area contributed by atoms with Crippen LogP contribution in [0.5, 0.6) is 0 Å². The quantitative estimate of drug-likeness (QED) is 0.538. The number of nitrogens with zero attached hydrogens (tertiary/aromatic N) is 3. The van der Waals surface area contributed by atoms with Gasteiger partial charge < -0.3 is 5.32 Å². The molecule has 0 saturated carbocycles. The van der Waals surface area contributed by atoms with E-state index in [1.165, 1.54) is 22.1 Å². The molecule has 3 heterocycles. The molecular weight excluding hydrogens is 400 g/mol.